The summed E-state index contributed by atoms with van der Waals surface area (Å²) in [7, 11) is 0. The average molecular weight is 251 g/mol. The fourth-order valence-electron chi connectivity index (χ4n) is 1.03. The Kier molecular flexibility index (Phi) is 7.18. The standard InChI is InChI=1S/2C6H7.Zr.2H/c2*1-6-4-2-3-5-6;;;/h2*2,4H,3H2,1H3;;;/q2*-1;+2;2*-1. The van der Waals surface area contributed by atoms with E-state index in [1.165, 1.54) is 11.1 Å². The molecule has 0 nitrogen and oxygen atoms in total. The number of hydrogen-bond donors (Lipinski definition) is 0. The molecule has 0 aromatic heterocycles. The number of rotatable bonds is 0. The zero-order chi connectivity index (χ0) is 8.81. The molecule has 0 amide bonds. The van der Waals surface area contributed by atoms with Crippen molar-refractivity contribution < 1.29 is 29.1 Å². The zero-order valence-corrected chi connectivity index (χ0v) is 10.7. The van der Waals surface area contributed by atoms with E-state index in [-0.39, 0.29) is 29.1 Å². The SMILES string of the molecule is CC1=[C-]CC=C1.CC1=[C-]CC=C1.[H-].[H-].[Zr+2]. The van der Waals surface area contributed by atoms with Gasteiger partial charge in [0.2, 0.25) is 0 Å². The summed E-state index contributed by atoms with van der Waals surface area (Å²) in [4.78, 5) is 0. The van der Waals surface area contributed by atoms with E-state index < -0.39 is 0 Å². The van der Waals surface area contributed by atoms with Crippen molar-refractivity contribution in [2.45, 2.75) is 26.7 Å². The predicted molar refractivity (Wildman–Crippen MR) is 54.6 cm³/mol. The molecule has 0 bridgehead atoms. The summed E-state index contributed by atoms with van der Waals surface area (Å²) in [5, 5.41) is 0. The molecule has 0 aromatic carbocycles. The first-order valence-electron chi connectivity index (χ1n) is 4.27. The second-order valence-corrected chi connectivity index (χ2v) is 2.93. The Bertz CT molecular complexity index is 229. The van der Waals surface area contributed by atoms with E-state index in [1.54, 1.807) is 0 Å². The van der Waals surface area contributed by atoms with Gasteiger partial charge in [-0.3, -0.25) is 12.2 Å². The molecular weight excluding hydrogens is 235 g/mol. The second kappa shape index (κ2) is 7.27. The van der Waals surface area contributed by atoms with Gasteiger partial charge in [-0.05, 0) is 0 Å². The van der Waals surface area contributed by atoms with E-state index in [1.807, 2.05) is 0 Å². The molecule has 1 heteroatoms. The van der Waals surface area contributed by atoms with Crippen LogP contribution in [0.5, 0.6) is 0 Å². The van der Waals surface area contributed by atoms with Crippen molar-refractivity contribution in [2.75, 3.05) is 0 Å². The first-order chi connectivity index (χ1) is 5.79. The van der Waals surface area contributed by atoms with Gasteiger partial charge in [0, 0.05) is 0 Å². The van der Waals surface area contributed by atoms with Crippen molar-refractivity contribution in [3.63, 3.8) is 0 Å². The maximum Gasteiger partial charge on any atom is 2.00 e. The van der Waals surface area contributed by atoms with E-state index in [0.29, 0.717) is 0 Å². The summed E-state index contributed by atoms with van der Waals surface area (Å²) in [6.45, 7) is 4.12. The smallest absolute Gasteiger partial charge is 1.00 e. The molecule has 0 aromatic rings. The molecule has 0 saturated carbocycles. The molecule has 2 aliphatic carbocycles. The van der Waals surface area contributed by atoms with Gasteiger partial charge >= 0.3 is 26.2 Å². The van der Waals surface area contributed by atoms with Crippen LogP contribution in [0, 0.1) is 12.2 Å². The Morgan fingerprint density at radius 1 is 1.00 bits per heavy atom. The normalized spacial score (nSPS) is 17.1. The molecule has 13 heavy (non-hydrogen) atoms. The summed E-state index contributed by atoms with van der Waals surface area (Å²) < 4.78 is 0. The van der Waals surface area contributed by atoms with Crippen LogP contribution in [0.2, 0.25) is 0 Å². The molecule has 0 radical (unpaired) electrons. The molecule has 0 fully saturated rings. The van der Waals surface area contributed by atoms with Gasteiger partial charge in [0.15, 0.2) is 0 Å². The summed E-state index contributed by atoms with van der Waals surface area (Å²) >= 11 is 0. The average Bonchev–Trinajstić information content (AvgIpc) is 2.63. The molecule has 0 N–H and O–H groups in total. The Morgan fingerprint density at radius 2 is 1.38 bits per heavy atom. The van der Waals surface area contributed by atoms with Crippen LogP contribution in [0.25, 0.3) is 0 Å². The first kappa shape index (κ1) is 12.8. The van der Waals surface area contributed by atoms with Crippen molar-refractivity contribution in [1.29, 1.82) is 0 Å². The molecule has 0 unspecified atom stereocenters. The molecular formula is C12H16Zr-2. The Balaban J connectivity index is -0.000000160. The third-order valence-corrected chi connectivity index (χ3v) is 1.73. The Labute approximate surface area is 103 Å². The minimum Gasteiger partial charge on any atom is -1.00 e. The predicted octanol–water partition coefficient (Wildman–Crippen LogP) is 3.61. The fraction of sp³-hybridized carbons (Fsp3) is 0.333. The van der Waals surface area contributed by atoms with E-state index >= 15 is 0 Å². The van der Waals surface area contributed by atoms with Crippen LogP contribution in [0.3, 0.4) is 0 Å². The van der Waals surface area contributed by atoms with Crippen LogP contribution >= 0.6 is 0 Å². The molecule has 70 valence electrons. The van der Waals surface area contributed by atoms with Crippen LogP contribution in [0.4, 0.5) is 0 Å². The van der Waals surface area contributed by atoms with Crippen LogP contribution < -0.4 is 0 Å². The van der Waals surface area contributed by atoms with Crippen molar-refractivity contribution >= 4 is 0 Å². The topological polar surface area (TPSA) is 0 Å². The molecule has 0 aliphatic heterocycles. The van der Waals surface area contributed by atoms with Gasteiger partial charge in [-0.25, -0.2) is 23.3 Å². The fourth-order valence-corrected chi connectivity index (χ4v) is 1.03. The van der Waals surface area contributed by atoms with Crippen LogP contribution in [0.1, 0.15) is 29.5 Å². The monoisotopic (exact) mass is 250 g/mol. The van der Waals surface area contributed by atoms with Gasteiger partial charge in [-0.15, -0.1) is 12.8 Å². The second-order valence-electron chi connectivity index (χ2n) is 2.93. The number of allylic oxidation sites excluding steroid dienone is 8. The Morgan fingerprint density at radius 3 is 1.46 bits per heavy atom. The van der Waals surface area contributed by atoms with E-state index in [2.05, 4.69) is 50.3 Å². The quantitative estimate of drug-likeness (QED) is 0.577. The summed E-state index contributed by atoms with van der Waals surface area (Å²) in [5.41, 5.74) is 2.55. The van der Waals surface area contributed by atoms with E-state index in [0.717, 1.165) is 12.8 Å². The summed E-state index contributed by atoms with van der Waals surface area (Å²) in [6, 6.07) is 0. The van der Waals surface area contributed by atoms with Crippen LogP contribution in [0.15, 0.2) is 35.5 Å². The summed E-state index contributed by atoms with van der Waals surface area (Å²) in [5.74, 6) is 0. The maximum atomic E-state index is 3.12. The third-order valence-electron chi connectivity index (χ3n) is 1.73. The number of hydrogen-bond acceptors (Lipinski definition) is 0. The largest absolute Gasteiger partial charge is 2.00 e. The van der Waals surface area contributed by atoms with Crippen molar-refractivity contribution in [2.24, 2.45) is 0 Å². The molecule has 2 aliphatic rings. The van der Waals surface area contributed by atoms with Crippen LogP contribution in [-0.2, 0) is 26.2 Å². The van der Waals surface area contributed by atoms with Gasteiger partial charge in [-0.1, -0.05) is 13.8 Å². The van der Waals surface area contributed by atoms with Crippen molar-refractivity contribution in [3.05, 3.63) is 47.6 Å². The molecule has 0 spiro atoms. The van der Waals surface area contributed by atoms with Gasteiger partial charge < -0.3 is 2.85 Å². The van der Waals surface area contributed by atoms with Gasteiger partial charge in [-0.2, -0.15) is 12.2 Å². The van der Waals surface area contributed by atoms with Gasteiger partial charge in [0.25, 0.3) is 0 Å². The van der Waals surface area contributed by atoms with Crippen molar-refractivity contribution in [1.82, 2.24) is 0 Å². The van der Waals surface area contributed by atoms with Crippen LogP contribution in [-0.4, -0.2) is 0 Å². The van der Waals surface area contributed by atoms with E-state index in [4.69, 9.17) is 0 Å². The minimum absolute atomic E-state index is 0. The van der Waals surface area contributed by atoms with Gasteiger partial charge in [0.1, 0.15) is 0 Å². The van der Waals surface area contributed by atoms with E-state index in [9.17, 15) is 0 Å². The maximum absolute atomic E-state index is 3.12. The van der Waals surface area contributed by atoms with Crippen molar-refractivity contribution in [3.8, 4) is 0 Å². The molecule has 0 saturated heterocycles. The molecule has 0 atom stereocenters. The Hall–Kier alpha value is -0.157. The zero-order valence-electron chi connectivity index (χ0n) is 10.2. The minimum atomic E-state index is 0. The first-order valence-corrected chi connectivity index (χ1v) is 4.27. The van der Waals surface area contributed by atoms with Gasteiger partial charge in [0.05, 0.1) is 0 Å². The molecule has 0 heterocycles. The summed E-state index contributed by atoms with van der Waals surface area (Å²) in [6.07, 6.45) is 16.7. The molecule has 2 rings (SSSR count). The third kappa shape index (κ3) is 5.99.